The number of anilines is 1. The Labute approximate surface area is 202 Å². The number of carbonyl (C=O) groups is 1. The lowest BCUT2D eigenvalue weighted by molar-refractivity contribution is -0.137. The molecule has 2 aliphatic rings. The maximum absolute atomic E-state index is 13.5. The van der Waals surface area contributed by atoms with Gasteiger partial charge in [0, 0.05) is 50.0 Å². The number of piperidine rings is 1. The van der Waals surface area contributed by atoms with Gasteiger partial charge in [-0.3, -0.25) is 4.79 Å². The summed E-state index contributed by atoms with van der Waals surface area (Å²) in [6, 6.07) is 12.5. The lowest BCUT2D eigenvalue weighted by Crippen LogP contribution is -2.53. The summed E-state index contributed by atoms with van der Waals surface area (Å²) in [5.74, 6) is 0.778. The van der Waals surface area contributed by atoms with Crippen LogP contribution in [0.25, 0.3) is 0 Å². The minimum atomic E-state index is -4.61. The zero-order chi connectivity index (χ0) is 25.2. The van der Waals surface area contributed by atoms with Gasteiger partial charge in [0.05, 0.1) is 30.4 Å². The summed E-state index contributed by atoms with van der Waals surface area (Å²) in [4.78, 5) is 17.0. The zero-order valence-corrected chi connectivity index (χ0v) is 19.8. The van der Waals surface area contributed by atoms with Gasteiger partial charge in [-0.15, -0.1) is 0 Å². The number of nitrogens with zero attached hydrogens (tertiary/aromatic N) is 3. The molecule has 186 valence electrons. The molecule has 2 heterocycles. The number of ether oxygens (including phenoxy) is 2. The van der Waals surface area contributed by atoms with Crippen molar-refractivity contribution in [3.05, 3.63) is 59.2 Å². The van der Waals surface area contributed by atoms with E-state index >= 15 is 0 Å². The average Bonchev–Trinajstić information content (AvgIpc) is 3.22. The predicted molar refractivity (Wildman–Crippen MR) is 124 cm³/mol. The van der Waals surface area contributed by atoms with Gasteiger partial charge in [-0.1, -0.05) is 0 Å². The lowest BCUT2D eigenvalue weighted by Gasteiger charge is -2.43. The van der Waals surface area contributed by atoms with Crippen LogP contribution < -0.4 is 9.64 Å². The SMILES string of the molecule is CCOc1ccc(C(=O)N2CC[C@@H]3CN(c4ccc(C#N)c(C(F)(F)F)c4)C[C@]3(COC)C2)cc1. The van der Waals surface area contributed by atoms with Crippen molar-refractivity contribution in [3.8, 4) is 11.8 Å². The Morgan fingerprint density at radius 2 is 1.94 bits per heavy atom. The van der Waals surface area contributed by atoms with Crippen molar-refractivity contribution in [1.82, 2.24) is 4.90 Å². The van der Waals surface area contributed by atoms with Crippen LogP contribution >= 0.6 is 0 Å². The highest BCUT2D eigenvalue weighted by molar-refractivity contribution is 5.94. The van der Waals surface area contributed by atoms with E-state index in [4.69, 9.17) is 14.7 Å². The summed E-state index contributed by atoms with van der Waals surface area (Å²) in [5.41, 5.74) is -0.737. The molecule has 2 aromatic carbocycles. The maximum atomic E-state index is 13.5. The molecule has 0 spiro atoms. The van der Waals surface area contributed by atoms with Gasteiger partial charge >= 0.3 is 6.18 Å². The standard InChI is InChI=1S/C26H28F3N3O3/c1-3-35-22-8-5-18(6-9-22)24(33)31-11-10-20-14-32(16-25(20,15-31)17-34-2)21-7-4-19(13-30)23(12-21)26(27,28)29/h4-9,12,20H,3,10-11,14-17H2,1-2H3/t20-,25+/m1/s1. The zero-order valence-electron chi connectivity index (χ0n) is 19.8. The molecule has 1 amide bonds. The normalized spacial score (nSPS) is 22.0. The Morgan fingerprint density at radius 1 is 1.20 bits per heavy atom. The van der Waals surface area contributed by atoms with Crippen molar-refractivity contribution in [1.29, 1.82) is 5.26 Å². The molecule has 9 heteroatoms. The fourth-order valence-corrected chi connectivity index (χ4v) is 5.35. The van der Waals surface area contributed by atoms with Crippen molar-refractivity contribution in [2.45, 2.75) is 19.5 Å². The number of hydrogen-bond acceptors (Lipinski definition) is 5. The fraction of sp³-hybridized carbons (Fsp3) is 0.462. The number of alkyl halides is 3. The van der Waals surface area contributed by atoms with E-state index in [9.17, 15) is 18.0 Å². The van der Waals surface area contributed by atoms with Crippen LogP contribution in [-0.4, -0.2) is 57.3 Å². The minimum Gasteiger partial charge on any atom is -0.494 e. The summed E-state index contributed by atoms with van der Waals surface area (Å²) in [6.45, 7) is 4.88. The third kappa shape index (κ3) is 4.94. The van der Waals surface area contributed by atoms with Crippen molar-refractivity contribution >= 4 is 11.6 Å². The van der Waals surface area contributed by atoms with Crippen LogP contribution in [0.15, 0.2) is 42.5 Å². The number of likely N-dealkylation sites (tertiary alicyclic amines) is 1. The van der Waals surface area contributed by atoms with Gasteiger partial charge in [0.2, 0.25) is 0 Å². The van der Waals surface area contributed by atoms with Gasteiger partial charge < -0.3 is 19.3 Å². The number of methoxy groups -OCH3 is 1. The summed E-state index contributed by atoms with van der Waals surface area (Å²) in [6.07, 6.45) is -3.89. The first kappa shape index (κ1) is 24.9. The molecule has 2 aliphatic heterocycles. The quantitative estimate of drug-likeness (QED) is 0.596. The molecule has 2 atom stereocenters. The van der Waals surface area contributed by atoms with Crippen LogP contribution in [-0.2, 0) is 10.9 Å². The summed E-state index contributed by atoms with van der Waals surface area (Å²) < 4.78 is 51.6. The number of hydrogen-bond donors (Lipinski definition) is 0. The second-order valence-electron chi connectivity index (χ2n) is 9.19. The van der Waals surface area contributed by atoms with Crippen LogP contribution in [0.5, 0.6) is 5.75 Å². The van der Waals surface area contributed by atoms with E-state index in [-0.39, 0.29) is 11.8 Å². The van der Waals surface area contributed by atoms with Crippen LogP contribution in [0.1, 0.15) is 34.8 Å². The number of fused-ring (bicyclic) bond motifs is 1. The Balaban J connectivity index is 1.56. The maximum Gasteiger partial charge on any atom is 0.417 e. The molecule has 0 aromatic heterocycles. The van der Waals surface area contributed by atoms with Gasteiger partial charge in [0.15, 0.2) is 0 Å². The minimum absolute atomic E-state index is 0.0850. The van der Waals surface area contributed by atoms with Crippen molar-refractivity contribution in [2.75, 3.05) is 51.4 Å². The Kier molecular flexibility index (Phi) is 6.95. The molecule has 0 radical (unpaired) electrons. The second kappa shape index (κ2) is 9.78. The topological polar surface area (TPSA) is 65.8 Å². The third-order valence-electron chi connectivity index (χ3n) is 6.99. The van der Waals surface area contributed by atoms with Gasteiger partial charge in [-0.05, 0) is 61.7 Å². The first-order valence-corrected chi connectivity index (χ1v) is 11.6. The molecule has 0 bridgehead atoms. The second-order valence-corrected chi connectivity index (χ2v) is 9.19. The Morgan fingerprint density at radius 3 is 2.57 bits per heavy atom. The summed E-state index contributed by atoms with van der Waals surface area (Å²) in [5, 5.41) is 9.11. The Hall–Kier alpha value is -3.25. The highest BCUT2D eigenvalue weighted by atomic mass is 19.4. The summed E-state index contributed by atoms with van der Waals surface area (Å²) >= 11 is 0. The molecule has 0 N–H and O–H groups in total. The highest BCUT2D eigenvalue weighted by Crippen LogP contribution is 2.45. The van der Waals surface area contributed by atoms with Gasteiger partial charge in [0.1, 0.15) is 5.75 Å². The van der Waals surface area contributed by atoms with Gasteiger partial charge in [-0.25, -0.2) is 0 Å². The molecule has 2 saturated heterocycles. The smallest absolute Gasteiger partial charge is 0.417 e. The van der Waals surface area contributed by atoms with Crippen LogP contribution in [0.3, 0.4) is 0 Å². The molecular formula is C26H28F3N3O3. The van der Waals surface area contributed by atoms with Crippen molar-refractivity contribution in [3.63, 3.8) is 0 Å². The van der Waals surface area contributed by atoms with Crippen molar-refractivity contribution in [2.24, 2.45) is 11.3 Å². The van der Waals surface area contributed by atoms with E-state index in [1.807, 2.05) is 16.7 Å². The van der Waals surface area contributed by atoms with Crippen LogP contribution in [0.4, 0.5) is 18.9 Å². The molecule has 0 aliphatic carbocycles. The first-order valence-electron chi connectivity index (χ1n) is 11.6. The summed E-state index contributed by atoms with van der Waals surface area (Å²) in [7, 11) is 1.60. The number of amides is 1. The third-order valence-corrected chi connectivity index (χ3v) is 6.99. The molecule has 4 rings (SSSR count). The molecule has 35 heavy (non-hydrogen) atoms. The first-order chi connectivity index (χ1) is 16.7. The number of rotatable bonds is 6. The molecule has 6 nitrogen and oxygen atoms in total. The molecular weight excluding hydrogens is 459 g/mol. The average molecular weight is 488 g/mol. The van der Waals surface area contributed by atoms with E-state index in [0.29, 0.717) is 56.4 Å². The number of halogens is 3. The fourth-order valence-electron chi connectivity index (χ4n) is 5.35. The van der Waals surface area contributed by atoms with Gasteiger partial charge in [-0.2, -0.15) is 18.4 Å². The number of nitriles is 1. The largest absolute Gasteiger partial charge is 0.494 e. The predicted octanol–water partition coefficient (Wildman–Crippen LogP) is 4.59. The lowest BCUT2D eigenvalue weighted by atomic mass is 9.73. The van der Waals surface area contributed by atoms with E-state index < -0.39 is 22.7 Å². The molecule has 2 fully saturated rings. The van der Waals surface area contributed by atoms with E-state index in [2.05, 4.69) is 0 Å². The van der Waals surface area contributed by atoms with E-state index in [1.165, 1.54) is 6.07 Å². The number of benzene rings is 2. The monoisotopic (exact) mass is 487 g/mol. The van der Waals surface area contributed by atoms with E-state index in [1.54, 1.807) is 43.5 Å². The van der Waals surface area contributed by atoms with Gasteiger partial charge in [0.25, 0.3) is 5.91 Å². The van der Waals surface area contributed by atoms with Crippen molar-refractivity contribution < 1.29 is 27.4 Å². The molecule has 0 saturated carbocycles. The van der Waals surface area contributed by atoms with Crippen LogP contribution in [0.2, 0.25) is 0 Å². The molecule has 2 aromatic rings. The highest BCUT2D eigenvalue weighted by Gasteiger charge is 2.51. The number of carbonyl (C=O) groups excluding carboxylic acids is 1. The Bertz CT molecular complexity index is 1110. The van der Waals surface area contributed by atoms with E-state index in [0.717, 1.165) is 12.5 Å². The van der Waals surface area contributed by atoms with Crippen LogP contribution in [0, 0.1) is 22.7 Å². The molecule has 0 unspecified atom stereocenters.